The van der Waals surface area contributed by atoms with Gasteiger partial charge in [0.1, 0.15) is 0 Å². The Hall–Kier alpha value is -0.650. The maximum Gasteiger partial charge on any atom is 0.160 e. The molecule has 2 aromatic rings. The van der Waals surface area contributed by atoms with E-state index in [9.17, 15) is 4.79 Å². The minimum absolute atomic E-state index is 0.763. The van der Waals surface area contributed by atoms with Crippen LogP contribution in [0.4, 0.5) is 0 Å². The molecule has 66 valence electrons. The SMILES string of the molecule is O=Cc1cc(Sc2nccs2)cs1. The van der Waals surface area contributed by atoms with Crippen molar-refractivity contribution in [3.63, 3.8) is 0 Å². The van der Waals surface area contributed by atoms with E-state index in [2.05, 4.69) is 4.98 Å². The van der Waals surface area contributed by atoms with Gasteiger partial charge in [0.15, 0.2) is 10.6 Å². The molecule has 0 aliphatic carbocycles. The highest BCUT2D eigenvalue weighted by atomic mass is 32.2. The normalized spacial score (nSPS) is 10.2. The summed E-state index contributed by atoms with van der Waals surface area (Å²) in [7, 11) is 0. The molecule has 0 aliphatic rings. The van der Waals surface area contributed by atoms with Gasteiger partial charge in [-0.05, 0) is 6.07 Å². The molecular weight excluding hydrogens is 222 g/mol. The van der Waals surface area contributed by atoms with Crippen LogP contribution in [0.2, 0.25) is 0 Å². The Morgan fingerprint density at radius 1 is 1.46 bits per heavy atom. The van der Waals surface area contributed by atoms with E-state index in [0.29, 0.717) is 0 Å². The topological polar surface area (TPSA) is 30.0 Å². The number of nitrogens with zero attached hydrogens (tertiary/aromatic N) is 1. The second-order valence-corrected chi connectivity index (χ2v) is 5.36. The van der Waals surface area contributed by atoms with Gasteiger partial charge in [-0.15, -0.1) is 22.7 Å². The second kappa shape index (κ2) is 4.04. The third-order valence-corrected chi connectivity index (χ3v) is 4.19. The monoisotopic (exact) mass is 227 g/mol. The lowest BCUT2D eigenvalue weighted by atomic mass is 10.5. The maximum atomic E-state index is 10.4. The van der Waals surface area contributed by atoms with Gasteiger partial charge in [0.2, 0.25) is 0 Å². The lowest BCUT2D eigenvalue weighted by Gasteiger charge is -1.88. The van der Waals surface area contributed by atoms with Gasteiger partial charge in [-0.3, -0.25) is 4.79 Å². The summed E-state index contributed by atoms with van der Waals surface area (Å²) in [6, 6.07) is 1.88. The zero-order chi connectivity index (χ0) is 9.10. The molecule has 2 heterocycles. The fourth-order valence-electron chi connectivity index (χ4n) is 0.811. The van der Waals surface area contributed by atoms with Crippen molar-refractivity contribution in [1.29, 1.82) is 0 Å². The van der Waals surface area contributed by atoms with Crippen LogP contribution in [-0.4, -0.2) is 11.3 Å². The van der Waals surface area contributed by atoms with Crippen LogP contribution in [0.3, 0.4) is 0 Å². The summed E-state index contributed by atoms with van der Waals surface area (Å²) in [4.78, 5) is 16.4. The Bertz CT molecular complexity index is 393. The van der Waals surface area contributed by atoms with Crippen LogP contribution in [0.15, 0.2) is 32.3 Å². The van der Waals surface area contributed by atoms with Crippen molar-refractivity contribution in [3.05, 3.63) is 27.9 Å². The standard InChI is InChI=1S/C8H5NOS3/c10-4-6-3-7(5-12-6)13-8-9-1-2-11-8/h1-5H. The number of carbonyl (C=O) groups excluding carboxylic acids is 1. The summed E-state index contributed by atoms with van der Waals surface area (Å²) in [5.41, 5.74) is 0. The van der Waals surface area contributed by atoms with E-state index in [4.69, 9.17) is 0 Å². The third kappa shape index (κ3) is 2.18. The molecule has 0 atom stereocenters. The molecule has 0 N–H and O–H groups in total. The molecule has 13 heavy (non-hydrogen) atoms. The summed E-state index contributed by atoms with van der Waals surface area (Å²) < 4.78 is 1.01. The second-order valence-electron chi connectivity index (χ2n) is 2.20. The summed E-state index contributed by atoms with van der Waals surface area (Å²) in [6.45, 7) is 0. The lowest BCUT2D eigenvalue weighted by molar-refractivity contribution is 0.112. The predicted molar refractivity (Wildman–Crippen MR) is 55.9 cm³/mol. The van der Waals surface area contributed by atoms with Crippen LogP contribution in [0.1, 0.15) is 9.67 Å². The van der Waals surface area contributed by atoms with Crippen molar-refractivity contribution in [2.75, 3.05) is 0 Å². The van der Waals surface area contributed by atoms with Gasteiger partial charge < -0.3 is 0 Å². The minimum atomic E-state index is 0.763. The van der Waals surface area contributed by atoms with Gasteiger partial charge in [-0.25, -0.2) is 4.98 Å². The molecule has 0 aromatic carbocycles. The third-order valence-electron chi connectivity index (χ3n) is 1.33. The highest BCUT2D eigenvalue weighted by Crippen LogP contribution is 2.31. The summed E-state index contributed by atoms with van der Waals surface area (Å²) in [5.74, 6) is 0. The first-order valence-corrected chi connectivity index (χ1v) is 6.07. The molecule has 0 amide bonds. The van der Waals surface area contributed by atoms with Gasteiger partial charge in [0, 0.05) is 21.9 Å². The first-order chi connectivity index (χ1) is 6.38. The quantitative estimate of drug-likeness (QED) is 0.754. The fourth-order valence-corrected chi connectivity index (χ4v) is 3.30. The average molecular weight is 227 g/mol. The van der Waals surface area contributed by atoms with Crippen LogP contribution < -0.4 is 0 Å². The molecule has 0 spiro atoms. The Kier molecular flexibility index (Phi) is 2.77. The van der Waals surface area contributed by atoms with Gasteiger partial charge in [0.05, 0.1) is 4.88 Å². The van der Waals surface area contributed by atoms with Crippen molar-refractivity contribution in [2.45, 2.75) is 9.24 Å². The van der Waals surface area contributed by atoms with Crippen LogP contribution >= 0.6 is 34.4 Å². The fraction of sp³-hybridized carbons (Fsp3) is 0. The van der Waals surface area contributed by atoms with Crippen LogP contribution in [0, 0.1) is 0 Å². The number of hydrogen-bond acceptors (Lipinski definition) is 5. The van der Waals surface area contributed by atoms with Crippen molar-refractivity contribution in [3.8, 4) is 0 Å². The zero-order valence-corrected chi connectivity index (χ0v) is 8.92. The molecule has 0 bridgehead atoms. The van der Waals surface area contributed by atoms with Crippen molar-refractivity contribution in [1.82, 2.24) is 4.98 Å². The maximum absolute atomic E-state index is 10.4. The molecule has 0 aliphatic heterocycles. The smallest absolute Gasteiger partial charge is 0.160 e. The minimum Gasteiger partial charge on any atom is -0.297 e. The van der Waals surface area contributed by atoms with Gasteiger partial charge in [-0.2, -0.15) is 0 Å². The van der Waals surface area contributed by atoms with Gasteiger partial charge in [0.25, 0.3) is 0 Å². The molecule has 5 heteroatoms. The zero-order valence-electron chi connectivity index (χ0n) is 6.47. The molecule has 0 unspecified atom stereocenters. The molecule has 2 rings (SSSR count). The molecule has 0 fully saturated rings. The Morgan fingerprint density at radius 3 is 3.00 bits per heavy atom. The number of thiophene rings is 1. The van der Waals surface area contributed by atoms with Crippen LogP contribution in [0.5, 0.6) is 0 Å². The average Bonchev–Trinajstić information content (AvgIpc) is 2.76. The van der Waals surface area contributed by atoms with E-state index in [0.717, 1.165) is 20.4 Å². The molecule has 2 nitrogen and oxygen atoms in total. The number of aldehydes is 1. The Balaban J connectivity index is 2.14. The van der Waals surface area contributed by atoms with Crippen LogP contribution in [-0.2, 0) is 0 Å². The first-order valence-electron chi connectivity index (χ1n) is 3.49. The van der Waals surface area contributed by atoms with Crippen molar-refractivity contribution in [2.24, 2.45) is 0 Å². The van der Waals surface area contributed by atoms with E-state index >= 15 is 0 Å². The van der Waals surface area contributed by atoms with E-state index < -0.39 is 0 Å². The molecule has 0 saturated heterocycles. The van der Waals surface area contributed by atoms with E-state index in [1.165, 1.54) is 11.3 Å². The lowest BCUT2D eigenvalue weighted by Crippen LogP contribution is -1.67. The highest BCUT2D eigenvalue weighted by molar-refractivity contribution is 8.01. The number of aromatic nitrogens is 1. The Labute approximate surface area is 87.6 Å². The number of carbonyl (C=O) groups is 1. The highest BCUT2D eigenvalue weighted by Gasteiger charge is 2.02. The van der Waals surface area contributed by atoms with E-state index in [-0.39, 0.29) is 0 Å². The molecular formula is C8H5NOS3. The summed E-state index contributed by atoms with van der Waals surface area (Å²) in [6.07, 6.45) is 2.65. The van der Waals surface area contributed by atoms with Crippen molar-refractivity contribution < 1.29 is 4.79 Å². The van der Waals surface area contributed by atoms with E-state index in [1.54, 1.807) is 29.3 Å². The molecule has 0 saturated carbocycles. The van der Waals surface area contributed by atoms with Gasteiger partial charge >= 0.3 is 0 Å². The van der Waals surface area contributed by atoms with E-state index in [1.807, 2.05) is 16.8 Å². The van der Waals surface area contributed by atoms with Crippen LogP contribution in [0.25, 0.3) is 0 Å². The molecule has 0 radical (unpaired) electrons. The van der Waals surface area contributed by atoms with Gasteiger partial charge in [-0.1, -0.05) is 11.8 Å². The number of hydrogen-bond donors (Lipinski definition) is 0. The molecule has 2 aromatic heterocycles. The number of rotatable bonds is 3. The first kappa shape index (κ1) is 8.93. The summed E-state index contributed by atoms with van der Waals surface area (Å²) in [5, 5.41) is 3.91. The van der Waals surface area contributed by atoms with Crippen molar-refractivity contribution >= 4 is 40.7 Å². The summed E-state index contributed by atoms with van der Waals surface area (Å²) >= 11 is 4.65. The Morgan fingerprint density at radius 2 is 2.38 bits per heavy atom. The predicted octanol–water partition coefficient (Wildman–Crippen LogP) is 3.17. The largest absolute Gasteiger partial charge is 0.297 e. The number of thiazole rings is 1.